The van der Waals surface area contributed by atoms with E-state index < -0.39 is 0 Å². The van der Waals surface area contributed by atoms with Crippen molar-refractivity contribution < 1.29 is 19.1 Å². The standard InChI is InChI=1S/C19H18N6O4/c20-16-15-17-23-12(1-3-25(17)24-16)10-7-11-9-22-18(26)14(11)13(8-10)29-6-5-28-4-2-21-19(15)27/h1,3,7-8H,2,4-6,9H2,(H2,20,24)(H,21,27)(H,22,26). The van der Waals surface area contributed by atoms with Crippen LogP contribution in [-0.4, -0.2) is 52.8 Å². The fourth-order valence-corrected chi connectivity index (χ4v) is 3.56. The van der Waals surface area contributed by atoms with Crippen LogP contribution in [0.1, 0.15) is 26.3 Å². The number of hydrogen-bond donors (Lipinski definition) is 3. The van der Waals surface area contributed by atoms with Crippen molar-refractivity contribution in [2.75, 3.05) is 32.1 Å². The number of nitrogens with zero attached hydrogens (tertiary/aromatic N) is 3. The van der Waals surface area contributed by atoms with E-state index in [1.807, 2.05) is 6.07 Å². The third-order valence-corrected chi connectivity index (χ3v) is 4.90. The highest BCUT2D eigenvalue weighted by molar-refractivity contribution is 6.04. The summed E-state index contributed by atoms with van der Waals surface area (Å²) in [7, 11) is 0. The van der Waals surface area contributed by atoms with Crippen LogP contribution in [-0.2, 0) is 11.3 Å². The average molecular weight is 394 g/mol. The van der Waals surface area contributed by atoms with E-state index in [1.54, 1.807) is 18.3 Å². The second kappa shape index (κ2) is 6.74. The number of carbonyl (C=O) groups excluding carboxylic acids is 2. The lowest BCUT2D eigenvalue weighted by Crippen LogP contribution is -2.28. The first-order valence-corrected chi connectivity index (χ1v) is 9.21. The summed E-state index contributed by atoms with van der Waals surface area (Å²) in [5.41, 5.74) is 9.28. The number of nitrogens with one attached hydrogen (secondary N) is 2. The van der Waals surface area contributed by atoms with E-state index in [0.29, 0.717) is 49.0 Å². The summed E-state index contributed by atoms with van der Waals surface area (Å²) in [5, 5.41) is 9.75. The summed E-state index contributed by atoms with van der Waals surface area (Å²) >= 11 is 0. The van der Waals surface area contributed by atoms with Gasteiger partial charge in [-0.15, -0.1) is 5.10 Å². The summed E-state index contributed by atoms with van der Waals surface area (Å²) in [4.78, 5) is 29.5. The van der Waals surface area contributed by atoms with Gasteiger partial charge in [0.25, 0.3) is 11.8 Å². The number of fused-ring (bicyclic) bond motifs is 6. The summed E-state index contributed by atoms with van der Waals surface area (Å²) < 4.78 is 12.8. The minimum atomic E-state index is -0.360. The van der Waals surface area contributed by atoms with Crippen molar-refractivity contribution in [3.05, 3.63) is 41.1 Å². The highest BCUT2D eigenvalue weighted by Crippen LogP contribution is 2.33. The number of benzene rings is 1. The molecular weight excluding hydrogens is 376 g/mol. The highest BCUT2D eigenvalue weighted by Gasteiger charge is 2.26. The smallest absolute Gasteiger partial charge is 0.259 e. The predicted molar refractivity (Wildman–Crippen MR) is 103 cm³/mol. The molecule has 2 aromatic heterocycles. The summed E-state index contributed by atoms with van der Waals surface area (Å²) in [5.74, 6) is 0.0611. The highest BCUT2D eigenvalue weighted by atomic mass is 16.5. The zero-order valence-electron chi connectivity index (χ0n) is 15.4. The van der Waals surface area contributed by atoms with Crippen LogP contribution < -0.4 is 21.1 Å². The molecule has 10 nitrogen and oxygen atoms in total. The van der Waals surface area contributed by atoms with Crippen molar-refractivity contribution >= 4 is 23.3 Å². The fourth-order valence-electron chi connectivity index (χ4n) is 3.56. The van der Waals surface area contributed by atoms with Crippen molar-refractivity contribution in [2.45, 2.75) is 6.54 Å². The maximum atomic E-state index is 12.6. The molecule has 0 saturated carbocycles. The van der Waals surface area contributed by atoms with Crippen LogP contribution in [0.4, 0.5) is 5.82 Å². The molecule has 0 fully saturated rings. The molecule has 0 aliphatic carbocycles. The fraction of sp³-hybridized carbons (Fsp3) is 0.263. The van der Waals surface area contributed by atoms with Crippen LogP contribution in [0.25, 0.3) is 16.9 Å². The Bertz CT molecular complexity index is 1160. The Kier molecular flexibility index (Phi) is 4.06. The molecule has 0 radical (unpaired) electrons. The maximum Gasteiger partial charge on any atom is 0.259 e. The monoisotopic (exact) mass is 394 g/mol. The van der Waals surface area contributed by atoms with Gasteiger partial charge in [0.2, 0.25) is 0 Å². The third-order valence-electron chi connectivity index (χ3n) is 4.90. The van der Waals surface area contributed by atoms with Crippen LogP contribution in [0.15, 0.2) is 24.4 Å². The van der Waals surface area contributed by atoms with Gasteiger partial charge in [-0.2, -0.15) is 0 Å². The van der Waals surface area contributed by atoms with Gasteiger partial charge in [0.1, 0.15) is 17.9 Å². The molecule has 10 heteroatoms. The van der Waals surface area contributed by atoms with Crippen molar-refractivity contribution in [1.29, 1.82) is 0 Å². The molecule has 2 aliphatic heterocycles. The van der Waals surface area contributed by atoms with Crippen LogP contribution in [0.5, 0.6) is 5.75 Å². The molecule has 5 rings (SSSR count). The zero-order valence-corrected chi connectivity index (χ0v) is 15.4. The molecule has 4 heterocycles. The van der Waals surface area contributed by atoms with Crippen molar-refractivity contribution in [3.63, 3.8) is 0 Å². The van der Waals surface area contributed by atoms with E-state index in [1.165, 1.54) is 4.52 Å². The predicted octanol–water partition coefficient (Wildman–Crippen LogP) is 0.361. The minimum Gasteiger partial charge on any atom is -0.490 e. The lowest BCUT2D eigenvalue weighted by molar-refractivity contribution is 0.0865. The number of ether oxygens (including phenoxy) is 2. The van der Waals surface area contributed by atoms with Crippen LogP contribution in [0, 0.1) is 0 Å². The number of nitrogen functional groups attached to an aromatic ring is 1. The lowest BCUT2D eigenvalue weighted by Gasteiger charge is -2.12. The summed E-state index contributed by atoms with van der Waals surface area (Å²) in [6, 6.07) is 5.45. The van der Waals surface area contributed by atoms with Gasteiger partial charge in [-0.1, -0.05) is 0 Å². The molecular formula is C19H18N6O4. The van der Waals surface area contributed by atoms with E-state index in [4.69, 9.17) is 15.2 Å². The van der Waals surface area contributed by atoms with E-state index >= 15 is 0 Å². The number of aromatic nitrogens is 3. The molecule has 4 N–H and O–H groups in total. The number of amides is 2. The Morgan fingerprint density at radius 2 is 1.93 bits per heavy atom. The van der Waals surface area contributed by atoms with E-state index in [2.05, 4.69) is 20.7 Å². The topological polar surface area (TPSA) is 133 Å². The SMILES string of the molecule is Nc1nn2ccc3nc2c1C(=O)NCCOCCOc1cc-3cc2c1C(=O)NC2. The second-order valence-electron chi connectivity index (χ2n) is 6.75. The zero-order chi connectivity index (χ0) is 20.0. The molecule has 3 aromatic rings. The normalized spacial score (nSPS) is 16.6. The number of nitrogens with two attached hydrogens (primary N) is 1. The Balaban J connectivity index is 1.70. The molecule has 0 saturated heterocycles. The molecule has 2 aliphatic rings. The molecule has 2 amide bonds. The Hall–Kier alpha value is -3.66. The van der Waals surface area contributed by atoms with Crippen molar-refractivity contribution in [3.8, 4) is 17.0 Å². The number of carbonyl (C=O) groups is 2. The molecule has 29 heavy (non-hydrogen) atoms. The number of rotatable bonds is 0. The maximum absolute atomic E-state index is 12.6. The van der Waals surface area contributed by atoms with E-state index in [-0.39, 0.29) is 29.8 Å². The summed E-state index contributed by atoms with van der Waals surface area (Å²) in [6.45, 7) is 1.64. The molecule has 1 aromatic carbocycles. The van der Waals surface area contributed by atoms with Gasteiger partial charge >= 0.3 is 0 Å². The van der Waals surface area contributed by atoms with Crippen LogP contribution in [0.3, 0.4) is 0 Å². The second-order valence-corrected chi connectivity index (χ2v) is 6.75. The third kappa shape index (κ3) is 2.93. The van der Waals surface area contributed by atoms with E-state index in [0.717, 1.165) is 11.1 Å². The minimum absolute atomic E-state index is 0.102. The van der Waals surface area contributed by atoms with Gasteiger partial charge < -0.3 is 25.8 Å². The van der Waals surface area contributed by atoms with Gasteiger partial charge in [-0.3, -0.25) is 9.59 Å². The van der Waals surface area contributed by atoms with Gasteiger partial charge in [-0.05, 0) is 23.8 Å². The Morgan fingerprint density at radius 1 is 1.07 bits per heavy atom. The quantitative estimate of drug-likeness (QED) is 0.501. The first-order chi connectivity index (χ1) is 14.1. The Morgan fingerprint density at radius 3 is 2.83 bits per heavy atom. The largest absolute Gasteiger partial charge is 0.490 e. The van der Waals surface area contributed by atoms with Crippen LogP contribution >= 0.6 is 0 Å². The molecule has 0 atom stereocenters. The number of anilines is 1. The molecule has 4 bridgehead atoms. The van der Waals surface area contributed by atoms with Crippen LogP contribution in [0.2, 0.25) is 0 Å². The Labute approximate surface area is 165 Å². The first kappa shape index (κ1) is 17.4. The average Bonchev–Trinajstić information content (AvgIpc) is 3.24. The van der Waals surface area contributed by atoms with Crippen molar-refractivity contribution in [2.24, 2.45) is 0 Å². The molecule has 0 spiro atoms. The van der Waals surface area contributed by atoms with Crippen molar-refractivity contribution in [1.82, 2.24) is 25.2 Å². The molecule has 0 unspecified atom stereocenters. The molecule has 148 valence electrons. The first-order valence-electron chi connectivity index (χ1n) is 9.21. The lowest BCUT2D eigenvalue weighted by atomic mass is 10.0. The van der Waals surface area contributed by atoms with Gasteiger partial charge in [0, 0.05) is 24.8 Å². The van der Waals surface area contributed by atoms with Gasteiger partial charge in [0.15, 0.2) is 11.5 Å². The van der Waals surface area contributed by atoms with Gasteiger partial charge in [-0.25, -0.2) is 9.50 Å². The van der Waals surface area contributed by atoms with Gasteiger partial charge in [0.05, 0.1) is 24.5 Å². The number of hydrogen-bond acceptors (Lipinski definition) is 7. The summed E-state index contributed by atoms with van der Waals surface area (Å²) in [6.07, 6.45) is 1.70. The van der Waals surface area contributed by atoms with E-state index in [9.17, 15) is 9.59 Å².